The highest BCUT2D eigenvalue weighted by Gasteiger charge is 2.51. The number of ether oxygens (including phenoxy) is 1. The van der Waals surface area contributed by atoms with Gasteiger partial charge in [0.15, 0.2) is 0 Å². The van der Waals surface area contributed by atoms with Crippen molar-refractivity contribution in [3.05, 3.63) is 82.0 Å². The molecule has 2 fully saturated rings. The van der Waals surface area contributed by atoms with Gasteiger partial charge in [0, 0.05) is 22.2 Å². The Hall–Kier alpha value is -3.49. The number of benzene rings is 2. The molecule has 1 saturated carbocycles. The number of rotatable bonds is 10. The van der Waals surface area contributed by atoms with Crippen LogP contribution < -0.4 is 21.1 Å². The number of imide groups is 1. The molecule has 8 heteroatoms. The number of nitrogens with two attached hydrogens (primary N) is 1. The standard InChI is InChI=1S/C29H32N4O3S/c30-27(31)19-15-24(37-18-19)16-21(17-26(34)33-28(35)25-7-4-14-32-25)29(12-13-29)20-8-10-23(11-9-20)36-22-5-2-1-3-6-22/h1-3,5-6,8-11,15,18,21,25,32H,4,7,12-14,16-17H2,(H3,30,31)(H,33,34,35)/t21-,25+/m1/s1. The third-order valence-corrected chi connectivity index (χ3v) is 8.42. The molecular formula is C29H32N4O3S. The molecule has 7 nitrogen and oxygen atoms in total. The molecule has 3 aromatic rings. The SMILES string of the molecule is N=C(N)c1csc(C[C@H](CC(=O)NC(=O)[C@@H]2CCCN2)C2(c3ccc(Oc4ccccc4)cc3)CC2)c1. The highest BCUT2D eigenvalue weighted by Crippen LogP contribution is 2.56. The number of hydrogen-bond donors (Lipinski definition) is 4. The summed E-state index contributed by atoms with van der Waals surface area (Å²) in [5.41, 5.74) is 7.43. The Balaban J connectivity index is 1.34. The lowest BCUT2D eigenvalue weighted by Crippen LogP contribution is -2.44. The maximum Gasteiger partial charge on any atom is 0.243 e. The Labute approximate surface area is 220 Å². The molecule has 2 atom stereocenters. The van der Waals surface area contributed by atoms with Crippen LogP contribution in [0.1, 0.15) is 48.1 Å². The monoisotopic (exact) mass is 516 g/mol. The molecule has 1 aliphatic heterocycles. The fraction of sp³-hybridized carbons (Fsp3) is 0.345. The van der Waals surface area contributed by atoms with Crippen molar-refractivity contribution in [2.75, 3.05) is 6.54 Å². The topological polar surface area (TPSA) is 117 Å². The van der Waals surface area contributed by atoms with Gasteiger partial charge >= 0.3 is 0 Å². The highest BCUT2D eigenvalue weighted by atomic mass is 32.1. The van der Waals surface area contributed by atoms with Gasteiger partial charge in [-0.25, -0.2) is 0 Å². The first-order chi connectivity index (χ1) is 17.9. The van der Waals surface area contributed by atoms with E-state index in [4.69, 9.17) is 15.9 Å². The van der Waals surface area contributed by atoms with Crippen LogP contribution in [0.4, 0.5) is 0 Å². The van der Waals surface area contributed by atoms with E-state index in [1.807, 2.05) is 53.9 Å². The van der Waals surface area contributed by atoms with Crippen LogP contribution in [0, 0.1) is 11.3 Å². The first-order valence-corrected chi connectivity index (χ1v) is 13.6. The van der Waals surface area contributed by atoms with E-state index < -0.39 is 0 Å². The maximum atomic E-state index is 13.1. The van der Waals surface area contributed by atoms with Crippen LogP contribution in [-0.2, 0) is 21.4 Å². The number of amidine groups is 1. The minimum atomic E-state index is -0.287. The number of carbonyl (C=O) groups is 2. The summed E-state index contributed by atoms with van der Waals surface area (Å²) in [5, 5.41) is 15.4. The Kier molecular flexibility index (Phi) is 7.39. The smallest absolute Gasteiger partial charge is 0.243 e. The molecule has 2 heterocycles. The van der Waals surface area contributed by atoms with E-state index in [9.17, 15) is 9.59 Å². The molecule has 5 rings (SSSR count). The van der Waals surface area contributed by atoms with Crippen molar-refractivity contribution in [1.29, 1.82) is 5.41 Å². The molecule has 1 aromatic heterocycles. The molecular weight excluding hydrogens is 484 g/mol. The molecule has 0 spiro atoms. The van der Waals surface area contributed by atoms with Gasteiger partial charge in [-0.2, -0.15) is 0 Å². The summed E-state index contributed by atoms with van der Waals surface area (Å²) in [6.07, 6.45) is 4.60. The van der Waals surface area contributed by atoms with Crippen LogP contribution in [0.5, 0.6) is 11.5 Å². The molecule has 2 aliphatic rings. The predicted octanol–water partition coefficient (Wildman–Crippen LogP) is 4.50. The number of hydrogen-bond acceptors (Lipinski definition) is 6. The average molecular weight is 517 g/mol. The van der Waals surface area contributed by atoms with Gasteiger partial charge in [-0.15, -0.1) is 11.3 Å². The first-order valence-electron chi connectivity index (χ1n) is 12.8. The molecule has 0 bridgehead atoms. The van der Waals surface area contributed by atoms with E-state index in [-0.39, 0.29) is 41.4 Å². The van der Waals surface area contributed by atoms with Crippen LogP contribution in [0.2, 0.25) is 0 Å². The Morgan fingerprint density at radius 2 is 1.86 bits per heavy atom. The van der Waals surface area contributed by atoms with Crippen LogP contribution in [0.15, 0.2) is 66.0 Å². The number of nitrogen functional groups attached to an aromatic ring is 1. The molecule has 2 amide bonds. The molecule has 0 radical (unpaired) electrons. The molecule has 37 heavy (non-hydrogen) atoms. The van der Waals surface area contributed by atoms with E-state index >= 15 is 0 Å². The fourth-order valence-electron chi connectivity index (χ4n) is 5.29. The van der Waals surface area contributed by atoms with Gasteiger partial charge in [0.1, 0.15) is 17.3 Å². The Bertz CT molecular complexity index is 1260. The third kappa shape index (κ3) is 5.92. The van der Waals surface area contributed by atoms with Crippen LogP contribution in [-0.4, -0.2) is 30.2 Å². The number of para-hydroxylation sites is 1. The van der Waals surface area contributed by atoms with E-state index in [0.717, 1.165) is 48.6 Å². The fourth-order valence-corrected chi connectivity index (χ4v) is 6.25. The summed E-state index contributed by atoms with van der Waals surface area (Å²) >= 11 is 1.56. The van der Waals surface area contributed by atoms with Crippen molar-refractivity contribution < 1.29 is 14.3 Å². The quantitative estimate of drug-likeness (QED) is 0.234. The van der Waals surface area contributed by atoms with Crippen molar-refractivity contribution in [1.82, 2.24) is 10.6 Å². The van der Waals surface area contributed by atoms with Gasteiger partial charge < -0.3 is 15.8 Å². The van der Waals surface area contributed by atoms with Crippen LogP contribution in [0.3, 0.4) is 0 Å². The minimum absolute atomic E-state index is 0.0104. The van der Waals surface area contributed by atoms with Gasteiger partial charge in [0.2, 0.25) is 11.8 Å². The average Bonchev–Trinajstić information content (AvgIpc) is 3.27. The summed E-state index contributed by atoms with van der Waals surface area (Å²) in [6, 6.07) is 19.5. The number of amides is 2. The number of nitrogens with one attached hydrogen (secondary N) is 3. The molecule has 2 aromatic carbocycles. The lowest BCUT2D eigenvalue weighted by molar-refractivity contribution is -0.132. The maximum absolute atomic E-state index is 13.1. The molecule has 192 valence electrons. The lowest BCUT2D eigenvalue weighted by Gasteiger charge is -2.27. The van der Waals surface area contributed by atoms with Crippen molar-refractivity contribution >= 4 is 29.0 Å². The van der Waals surface area contributed by atoms with Crippen LogP contribution >= 0.6 is 11.3 Å². The predicted molar refractivity (Wildman–Crippen MR) is 145 cm³/mol. The second kappa shape index (κ2) is 10.9. The van der Waals surface area contributed by atoms with Crippen molar-refractivity contribution in [2.45, 2.75) is 50.0 Å². The summed E-state index contributed by atoms with van der Waals surface area (Å²) in [6.45, 7) is 0.804. The second-order valence-corrected chi connectivity index (χ2v) is 11.0. The highest BCUT2D eigenvalue weighted by molar-refractivity contribution is 7.10. The Morgan fingerprint density at radius 1 is 1.14 bits per heavy atom. The van der Waals surface area contributed by atoms with E-state index in [1.165, 1.54) is 5.56 Å². The van der Waals surface area contributed by atoms with Gasteiger partial charge in [-0.1, -0.05) is 30.3 Å². The molecule has 1 saturated heterocycles. The van der Waals surface area contributed by atoms with Crippen molar-refractivity contribution in [3.63, 3.8) is 0 Å². The van der Waals surface area contributed by atoms with E-state index in [2.05, 4.69) is 22.8 Å². The van der Waals surface area contributed by atoms with Gasteiger partial charge in [-0.05, 0) is 85.9 Å². The molecule has 0 unspecified atom stereocenters. The second-order valence-electron chi connectivity index (χ2n) is 9.98. The summed E-state index contributed by atoms with van der Waals surface area (Å²) in [5.74, 6) is 1.13. The molecule has 5 N–H and O–H groups in total. The number of carbonyl (C=O) groups excluding carboxylic acids is 2. The largest absolute Gasteiger partial charge is 0.457 e. The lowest BCUT2D eigenvalue weighted by atomic mass is 9.78. The summed E-state index contributed by atoms with van der Waals surface area (Å²) in [7, 11) is 0. The summed E-state index contributed by atoms with van der Waals surface area (Å²) in [4.78, 5) is 26.7. The first kappa shape index (κ1) is 25.2. The van der Waals surface area contributed by atoms with Crippen LogP contribution in [0.25, 0.3) is 0 Å². The van der Waals surface area contributed by atoms with E-state index in [0.29, 0.717) is 12.0 Å². The van der Waals surface area contributed by atoms with Gasteiger partial charge in [0.05, 0.1) is 6.04 Å². The zero-order valence-corrected chi connectivity index (χ0v) is 21.5. The summed E-state index contributed by atoms with van der Waals surface area (Å²) < 4.78 is 5.97. The van der Waals surface area contributed by atoms with Gasteiger partial charge in [0.25, 0.3) is 0 Å². The van der Waals surface area contributed by atoms with Crippen molar-refractivity contribution in [2.24, 2.45) is 11.7 Å². The zero-order chi connectivity index (χ0) is 25.8. The minimum Gasteiger partial charge on any atom is -0.457 e. The Morgan fingerprint density at radius 3 is 2.49 bits per heavy atom. The normalized spacial score (nSPS) is 18.6. The number of thiophene rings is 1. The van der Waals surface area contributed by atoms with Crippen molar-refractivity contribution in [3.8, 4) is 11.5 Å². The molecule has 1 aliphatic carbocycles. The van der Waals surface area contributed by atoms with Gasteiger partial charge in [-0.3, -0.25) is 20.3 Å². The zero-order valence-electron chi connectivity index (χ0n) is 20.7. The van der Waals surface area contributed by atoms with E-state index in [1.54, 1.807) is 11.3 Å². The third-order valence-electron chi connectivity index (χ3n) is 7.46.